The number of nitrogen functional groups attached to an aromatic ring is 1. The zero-order chi connectivity index (χ0) is 15.0. The van der Waals surface area contributed by atoms with Crippen LogP contribution in [-0.2, 0) is 0 Å². The molecule has 0 aliphatic carbocycles. The van der Waals surface area contributed by atoms with Crippen LogP contribution in [0.4, 0.5) is 10.1 Å². The summed E-state index contributed by atoms with van der Waals surface area (Å²) in [5, 5.41) is 3.92. The van der Waals surface area contributed by atoms with Crippen molar-refractivity contribution in [3.8, 4) is 22.8 Å². The molecule has 2 N–H and O–H groups in total. The summed E-state index contributed by atoms with van der Waals surface area (Å²) in [7, 11) is 0. The van der Waals surface area contributed by atoms with E-state index in [1.54, 1.807) is 18.2 Å². The second-order valence-corrected chi connectivity index (χ2v) is 5.48. The van der Waals surface area contributed by atoms with Crippen molar-refractivity contribution in [3.05, 3.63) is 52.3 Å². The van der Waals surface area contributed by atoms with Crippen molar-refractivity contribution in [1.82, 2.24) is 10.1 Å². The van der Waals surface area contributed by atoms with E-state index in [4.69, 9.17) is 10.3 Å². The molecular weight excluding hydrogens is 337 g/mol. The molecule has 4 nitrogen and oxygen atoms in total. The van der Waals surface area contributed by atoms with Crippen LogP contribution in [0.2, 0.25) is 0 Å². The van der Waals surface area contributed by atoms with Crippen molar-refractivity contribution < 1.29 is 8.91 Å². The van der Waals surface area contributed by atoms with E-state index in [-0.39, 0.29) is 5.82 Å². The topological polar surface area (TPSA) is 64.9 Å². The van der Waals surface area contributed by atoms with Gasteiger partial charge in [0.05, 0.1) is 5.56 Å². The summed E-state index contributed by atoms with van der Waals surface area (Å²) in [4.78, 5) is 4.32. The van der Waals surface area contributed by atoms with Crippen LogP contribution in [0, 0.1) is 12.7 Å². The van der Waals surface area contributed by atoms with E-state index in [2.05, 4.69) is 26.1 Å². The van der Waals surface area contributed by atoms with Crippen LogP contribution in [0.3, 0.4) is 0 Å². The lowest BCUT2D eigenvalue weighted by atomic mass is 10.1. The number of aryl methyl sites for hydroxylation is 1. The molecular formula is C15H11BrFN3O. The smallest absolute Gasteiger partial charge is 0.259 e. The Labute approximate surface area is 128 Å². The number of nitrogens with two attached hydrogens (primary N) is 1. The summed E-state index contributed by atoms with van der Waals surface area (Å²) in [5.41, 5.74) is 8.53. The lowest BCUT2D eigenvalue weighted by Gasteiger charge is -2.01. The molecule has 3 aromatic rings. The van der Waals surface area contributed by atoms with E-state index < -0.39 is 0 Å². The van der Waals surface area contributed by atoms with Crippen LogP contribution in [0.1, 0.15) is 5.56 Å². The lowest BCUT2D eigenvalue weighted by Crippen LogP contribution is -1.89. The Kier molecular flexibility index (Phi) is 3.47. The highest BCUT2D eigenvalue weighted by Crippen LogP contribution is 2.31. The fourth-order valence-corrected chi connectivity index (χ4v) is 2.40. The Balaban J connectivity index is 2.08. The Morgan fingerprint density at radius 2 is 1.95 bits per heavy atom. The number of nitrogens with zero attached hydrogens (tertiary/aromatic N) is 2. The largest absolute Gasteiger partial charge is 0.399 e. The molecule has 1 heterocycles. The molecule has 0 atom stereocenters. The molecule has 0 fully saturated rings. The number of rotatable bonds is 2. The molecule has 0 aliphatic rings. The minimum Gasteiger partial charge on any atom is -0.399 e. The van der Waals surface area contributed by atoms with Crippen LogP contribution in [0.5, 0.6) is 0 Å². The Bertz CT molecular complexity index is 750. The predicted octanol–water partition coefficient (Wildman–Crippen LogP) is 4.20. The zero-order valence-electron chi connectivity index (χ0n) is 11.1. The van der Waals surface area contributed by atoms with Gasteiger partial charge in [-0.3, -0.25) is 0 Å². The van der Waals surface area contributed by atoms with Gasteiger partial charge in [0.1, 0.15) is 5.82 Å². The van der Waals surface area contributed by atoms with Gasteiger partial charge in [0.15, 0.2) is 0 Å². The molecule has 6 heteroatoms. The van der Waals surface area contributed by atoms with Crippen molar-refractivity contribution in [2.75, 3.05) is 5.73 Å². The van der Waals surface area contributed by atoms with Crippen LogP contribution in [0.25, 0.3) is 22.8 Å². The van der Waals surface area contributed by atoms with E-state index in [1.807, 2.05) is 13.0 Å². The van der Waals surface area contributed by atoms with Crippen LogP contribution in [0.15, 0.2) is 45.4 Å². The van der Waals surface area contributed by atoms with E-state index in [9.17, 15) is 4.39 Å². The summed E-state index contributed by atoms with van der Waals surface area (Å²) in [6.07, 6.45) is 0. The molecule has 3 rings (SSSR count). The first-order valence-electron chi connectivity index (χ1n) is 6.20. The average molecular weight is 348 g/mol. The van der Waals surface area contributed by atoms with Crippen molar-refractivity contribution in [2.24, 2.45) is 0 Å². The van der Waals surface area contributed by atoms with Gasteiger partial charge >= 0.3 is 0 Å². The van der Waals surface area contributed by atoms with E-state index in [1.165, 1.54) is 12.1 Å². The van der Waals surface area contributed by atoms with E-state index in [0.29, 0.717) is 28.5 Å². The lowest BCUT2D eigenvalue weighted by molar-refractivity contribution is 0.432. The van der Waals surface area contributed by atoms with Crippen molar-refractivity contribution in [2.45, 2.75) is 6.92 Å². The first-order valence-corrected chi connectivity index (χ1v) is 6.99. The predicted molar refractivity (Wildman–Crippen MR) is 82.0 cm³/mol. The molecule has 106 valence electrons. The Hall–Kier alpha value is -2.21. The monoisotopic (exact) mass is 347 g/mol. The average Bonchev–Trinajstić information content (AvgIpc) is 2.93. The third-order valence-corrected chi connectivity index (χ3v) is 3.78. The maximum Gasteiger partial charge on any atom is 0.259 e. The molecule has 21 heavy (non-hydrogen) atoms. The SMILES string of the molecule is Cc1ccc(F)cc1-c1noc(-c2cc(N)ccc2Br)n1. The molecule has 0 bridgehead atoms. The standard InChI is InChI=1S/C15H11BrFN3O/c1-8-2-3-9(17)6-11(8)14-19-15(21-20-14)12-7-10(18)4-5-13(12)16/h2-7H,18H2,1H3. The van der Waals surface area contributed by atoms with Crippen LogP contribution < -0.4 is 5.73 Å². The second-order valence-electron chi connectivity index (χ2n) is 4.62. The van der Waals surface area contributed by atoms with E-state index >= 15 is 0 Å². The highest BCUT2D eigenvalue weighted by Gasteiger charge is 2.15. The molecule has 0 aliphatic heterocycles. The molecule has 1 aromatic heterocycles. The fraction of sp³-hybridized carbons (Fsp3) is 0.0667. The van der Waals surface area contributed by atoms with Gasteiger partial charge in [0.2, 0.25) is 5.82 Å². The van der Waals surface area contributed by atoms with Crippen molar-refractivity contribution in [1.29, 1.82) is 0 Å². The van der Waals surface area contributed by atoms with E-state index in [0.717, 1.165) is 10.0 Å². The molecule has 0 saturated heterocycles. The first kappa shape index (κ1) is 13.8. The highest BCUT2D eigenvalue weighted by atomic mass is 79.9. The van der Waals surface area contributed by atoms with Crippen molar-refractivity contribution in [3.63, 3.8) is 0 Å². The Morgan fingerprint density at radius 3 is 2.76 bits per heavy atom. The van der Waals surface area contributed by atoms with Gasteiger partial charge < -0.3 is 10.3 Å². The maximum absolute atomic E-state index is 13.4. The third-order valence-electron chi connectivity index (χ3n) is 3.09. The number of anilines is 1. The summed E-state index contributed by atoms with van der Waals surface area (Å²) >= 11 is 3.42. The highest BCUT2D eigenvalue weighted by molar-refractivity contribution is 9.10. The van der Waals surface area contributed by atoms with Gasteiger partial charge in [-0.2, -0.15) is 4.98 Å². The second kappa shape index (κ2) is 5.29. The zero-order valence-corrected chi connectivity index (χ0v) is 12.7. The maximum atomic E-state index is 13.4. The van der Waals surface area contributed by atoms with Crippen molar-refractivity contribution >= 4 is 21.6 Å². The van der Waals surface area contributed by atoms with Gasteiger partial charge in [0, 0.05) is 15.7 Å². The van der Waals surface area contributed by atoms with Crippen LogP contribution in [-0.4, -0.2) is 10.1 Å². The minimum atomic E-state index is -0.341. The van der Waals surface area contributed by atoms with Gasteiger partial charge in [-0.05, 0) is 58.7 Å². The first-order chi connectivity index (χ1) is 10.0. The molecule has 0 unspecified atom stereocenters. The molecule has 0 radical (unpaired) electrons. The van der Waals surface area contributed by atoms with Gasteiger partial charge in [0.25, 0.3) is 5.89 Å². The fourth-order valence-electron chi connectivity index (χ4n) is 1.98. The summed E-state index contributed by atoms with van der Waals surface area (Å²) in [6.45, 7) is 1.86. The quantitative estimate of drug-likeness (QED) is 0.705. The van der Waals surface area contributed by atoms with Gasteiger partial charge in [-0.25, -0.2) is 4.39 Å². The summed E-state index contributed by atoms with van der Waals surface area (Å²) in [6, 6.07) is 9.77. The molecule has 0 spiro atoms. The number of hydrogen-bond donors (Lipinski definition) is 1. The molecule has 0 saturated carbocycles. The number of halogens is 2. The number of benzene rings is 2. The third kappa shape index (κ3) is 2.67. The number of hydrogen-bond acceptors (Lipinski definition) is 4. The normalized spacial score (nSPS) is 10.8. The molecule has 0 amide bonds. The summed E-state index contributed by atoms with van der Waals surface area (Å²) < 4.78 is 19.4. The van der Waals surface area contributed by atoms with Crippen LogP contribution >= 0.6 is 15.9 Å². The number of aromatic nitrogens is 2. The molecule has 2 aromatic carbocycles. The van der Waals surface area contributed by atoms with Gasteiger partial charge in [-0.1, -0.05) is 11.2 Å². The summed E-state index contributed by atoms with van der Waals surface area (Å²) in [5.74, 6) is 0.330. The minimum absolute atomic E-state index is 0.327. The Morgan fingerprint density at radius 1 is 1.14 bits per heavy atom. The van der Waals surface area contributed by atoms with Gasteiger partial charge in [-0.15, -0.1) is 0 Å².